The number of nitrogens with zero attached hydrogens (tertiary/aromatic N) is 3. The molecule has 0 amide bonds. The van der Waals surface area contributed by atoms with Gasteiger partial charge in [-0.15, -0.1) is 0 Å². The molecule has 0 aliphatic carbocycles. The molecular formula is C12H16N4O2. The van der Waals surface area contributed by atoms with Gasteiger partial charge in [0.1, 0.15) is 5.82 Å². The van der Waals surface area contributed by atoms with E-state index in [2.05, 4.69) is 15.3 Å². The van der Waals surface area contributed by atoms with Crippen molar-refractivity contribution in [2.45, 2.75) is 18.8 Å². The number of aromatic nitrogens is 2. The van der Waals surface area contributed by atoms with E-state index in [1.807, 2.05) is 11.9 Å². The van der Waals surface area contributed by atoms with Crippen molar-refractivity contribution >= 4 is 11.8 Å². The van der Waals surface area contributed by atoms with Crippen molar-refractivity contribution in [2.24, 2.45) is 0 Å². The molecule has 0 aromatic carbocycles. The fraction of sp³-hybridized carbons (Fsp3) is 0.583. The van der Waals surface area contributed by atoms with E-state index >= 15 is 0 Å². The summed E-state index contributed by atoms with van der Waals surface area (Å²) in [5, 5.41) is 12.4. The van der Waals surface area contributed by atoms with Gasteiger partial charge in [-0.3, -0.25) is 0 Å². The van der Waals surface area contributed by atoms with Crippen LogP contribution in [0.2, 0.25) is 0 Å². The van der Waals surface area contributed by atoms with Crippen LogP contribution in [0.4, 0.5) is 5.82 Å². The lowest BCUT2D eigenvalue weighted by molar-refractivity contribution is 0.0683. The average molecular weight is 248 g/mol. The molecule has 1 aromatic rings. The van der Waals surface area contributed by atoms with Crippen molar-refractivity contribution < 1.29 is 9.90 Å². The Morgan fingerprint density at radius 1 is 1.50 bits per heavy atom. The minimum absolute atomic E-state index is 0.0793. The number of aromatic carboxylic acids is 1. The third-order valence-corrected chi connectivity index (χ3v) is 3.71. The lowest BCUT2D eigenvalue weighted by Gasteiger charge is -2.15. The normalized spacial score (nSPS) is 22.3. The first-order chi connectivity index (χ1) is 8.66. The zero-order valence-electron chi connectivity index (χ0n) is 10.3. The van der Waals surface area contributed by atoms with Crippen LogP contribution in [0.5, 0.6) is 0 Å². The summed E-state index contributed by atoms with van der Waals surface area (Å²) in [5.74, 6) is -0.00893. The summed E-state index contributed by atoms with van der Waals surface area (Å²) in [6.45, 7) is 2.74. The highest BCUT2D eigenvalue weighted by atomic mass is 16.4. The van der Waals surface area contributed by atoms with E-state index in [1.165, 1.54) is 0 Å². The number of rotatable bonds is 2. The zero-order chi connectivity index (χ0) is 12.7. The number of fused-ring (bicyclic) bond motifs is 1. The van der Waals surface area contributed by atoms with Crippen LogP contribution < -0.4 is 10.2 Å². The van der Waals surface area contributed by atoms with Crippen LogP contribution in [0, 0.1) is 0 Å². The van der Waals surface area contributed by atoms with Crippen molar-refractivity contribution in [3.8, 4) is 0 Å². The Hall–Kier alpha value is -1.69. The van der Waals surface area contributed by atoms with Gasteiger partial charge in [-0.2, -0.15) is 0 Å². The predicted octanol–water partition coefficient (Wildman–Crippen LogP) is 0.244. The molecule has 0 radical (unpaired) electrons. The summed E-state index contributed by atoms with van der Waals surface area (Å²) in [6, 6.07) is 0. The molecule has 2 aliphatic rings. The maximum Gasteiger partial charge on any atom is 0.374 e. The summed E-state index contributed by atoms with van der Waals surface area (Å²) < 4.78 is 0. The van der Waals surface area contributed by atoms with Crippen molar-refractivity contribution in [1.82, 2.24) is 15.3 Å². The highest BCUT2D eigenvalue weighted by Gasteiger charge is 2.29. The lowest BCUT2D eigenvalue weighted by atomic mass is 9.99. The van der Waals surface area contributed by atoms with Crippen LogP contribution in [-0.4, -0.2) is 47.7 Å². The molecule has 2 N–H and O–H groups in total. The van der Waals surface area contributed by atoms with Gasteiger partial charge in [-0.1, -0.05) is 0 Å². The quantitative estimate of drug-likeness (QED) is 0.781. The SMILES string of the molecule is CN1CCc2c(C3CCNC3)nc(C(=O)O)nc21. The van der Waals surface area contributed by atoms with Gasteiger partial charge in [-0.25, -0.2) is 14.8 Å². The predicted molar refractivity (Wildman–Crippen MR) is 66.2 cm³/mol. The van der Waals surface area contributed by atoms with Crippen LogP contribution >= 0.6 is 0 Å². The number of hydrogen-bond acceptors (Lipinski definition) is 5. The number of hydrogen-bond donors (Lipinski definition) is 2. The van der Waals surface area contributed by atoms with Gasteiger partial charge in [0.05, 0.1) is 5.69 Å². The maximum absolute atomic E-state index is 11.1. The van der Waals surface area contributed by atoms with Crippen molar-refractivity contribution in [2.75, 3.05) is 31.6 Å². The van der Waals surface area contributed by atoms with Crippen LogP contribution in [0.25, 0.3) is 0 Å². The number of anilines is 1. The molecule has 1 atom stereocenters. The lowest BCUT2D eigenvalue weighted by Crippen LogP contribution is -2.17. The molecule has 1 aromatic heterocycles. The molecule has 18 heavy (non-hydrogen) atoms. The number of carbonyl (C=O) groups is 1. The molecule has 6 heteroatoms. The Kier molecular flexibility index (Phi) is 2.66. The Labute approximate surface area is 105 Å². The molecule has 6 nitrogen and oxygen atoms in total. The third kappa shape index (κ3) is 1.73. The molecule has 96 valence electrons. The average Bonchev–Trinajstić information content (AvgIpc) is 2.98. The van der Waals surface area contributed by atoms with Gasteiger partial charge < -0.3 is 15.3 Å². The molecule has 0 bridgehead atoms. The molecule has 1 unspecified atom stereocenters. The van der Waals surface area contributed by atoms with Crippen LogP contribution in [0.1, 0.15) is 34.2 Å². The van der Waals surface area contributed by atoms with E-state index in [0.717, 1.165) is 49.6 Å². The second-order valence-corrected chi connectivity index (χ2v) is 4.90. The Bertz CT molecular complexity index is 497. The molecule has 0 spiro atoms. The van der Waals surface area contributed by atoms with Gasteiger partial charge in [0, 0.05) is 31.6 Å². The Morgan fingerprint density at radius 2 is 2.33 bits per heavy atom. The second-order valence-electron chi connectivity index (χ2n) is 4.90. The summed E-state index contributed by atoms with van der Waals surface area (Å²) in [4.78, 5) is 21.6. The van der Waals surface area contributed by atoms with E-state index in [0.29, 0.717) is 5.92 Å². The van der Waals surface area contributed by atoms with Crippen LogP contribution in [-0.2, 0) is 6.42 Å². The summed E-state index contributed by atoms with van der Waals surface area (Å²) in [5.41, 5.74) is 2.07. The van der Waals surface area contributed by atoms with Crippen LogP contribution in [0.15, 0.2) is 0 Å². The van der Waals surface area contributed by atoms with Gasteiger partial charge in [0.25, 0.3) is 0 Å². The summed E-state index contributed by atoms with van der Waals surface area (Å²) >= 11 is 0. The minimum atomic E-state index is -1.05. The highest BCUT2D eigenvalue weighted by molar-refractivity contribution is 5.84. The summed E-state index contributed by atoms with van der Waals surface area (Å²) in [7, 11) is 1.95. The molecule has 3 rings (SSSR count). The number of nitrogens with one attached hydrogen (secondary N) is 1. The highest BCUT2D eigenvalue weighted by Crippen LogP contribution is 2.33. The van der Waals surface area contributed by atoms with Crippen molar-refractivity contribution in [3.63, 3.8) is 0 Å². The smallest absolute Gasteiger partial charge is 0.374 e. The monoisotopic (exact) mass is 248 g/mol. The standard InChI is InChI=1S/C12H16N4O2/c1-16-5-3-8-9(7-2-4-13-6-7)14-10(12(17)18)15-11(8)16/h7,13H,2-6H2,1H3,(H,17,18). The number of likely N-dealkylation sites (N-methyl/N-ethyl adjacent to an activating group) is 1. The van der Waals surface area contributed by atoms with E-state index < -0.39 is 5.97 Å². The summed E-state index contributed by atoms with van der Waals surface area (Å²) in [6.07, 6.45) is 1.93. The van der Waals surface area contributed by atoms with Crippen molar-refractivity contribution in [1.29, 1.82) is 0 Å². The van der Waals surface area contributed by atoms with E-state index in [9.17, 15) is 4.79 Å². The molecule has 0 saturated carbocycles. The number of carboxylic acids is 1. The molecule has 1 fully saturated rings. The first-order valence-corrected chi connectivity index (χ1v) is 6.23. The van der Waals surface area contributed by atoms with Gasteiger partial charge in [0.2, 0.25) is 5.82 Å². The fourth-order valence-corrected chi connectivity index (χ4v) is 2.75. The maximum atomic E-state index is 11.1. The zero-order valence-corrected chi connectivity index (χ0v) is 10.3. The Morgan fingerprint density at radius 3 is 3.00 bits per heavy atom. The van der Waals surface area contributed by atoms with E-state index in [1.54, 1.807) is 0 Å². The minimum Gasteiger partial charge on any atom is -0.475 e. The van der Waals surface area contributed by atoms with Gasteiger partial charge in [0.15, 0.2) is 0 Å². The largest absolute Gasteiger partial charge is 0.475 e. The third-order valence-electron chi connectivity index (χ3n) is 3.71. The fourth-order valence-electron chi connectivity index (χ4n) is 2.75. The Balaban J connectivity index is 2.11. The molecule has 3 heterocycles. The second kappa shape index (κ2) is 4.20. The van der Waals surface area contributed by atoms with Gasteiger partial charge >= 0.3 is 5.97 Å². The molecule has 2 aliphatic heterocycles. The van der Waals surface area contributed by atoms with E-state index in [4.69, 9.17) is 5.11 Å². The first-order valence-electron chi connectivity index (χ1n) is 6.23. The molecular weight excluding hydrogens is 232 g/mol. The van der Waals surface area contributed by atoms with Gasteiger partial charge in [-0.05, 0) is 19.4 Å². The molecule has 1 saturated heterocycles. The van der Waals surface area contributed by atoms with Crippen molar-refractivity contribution in [3.05, 3.63) is 17.1 Å². The topological polar surface area (TPSA) is 78.4 Å². The number of carboxylic acid groups (broad SMARTS) is 1. The van der Waals surface area contributed by atoms with Crippen LogP contribution in [0.3, 0.4) is 0 Å². The van der Waals surface area contributed by atoms with E-state index in [-0.39, 0.29) is 5.82 Å². The first kappa shape index (κ1) is 11.4.